The molecule has 0 unspecified atom stereocenters. The second-order valence-corrected chi connectivity index (χ2v) is 5.96. The van der Waals surface area contributed by atoms with E-state index in [9.17, 15) is 13.9 Å². The first-order chi connectivity index (χ1) is 11.5. The number of likely N-dealkylation sites (N-methyl/N-ethyl adjacent to an activating group) is 1. The van der Waals surface area contributed by atoms with Gasteiger partial charge < -0.3 is 9.67 Å². The van der Waals surface area contributed by atoms with Gasteiger partial charge in [0.05, 0.1) is 23.7 Å². The Morgan fingerprint density at radius 2 is 1.92 bits per heavy atom. The molecule has 3 rings (SSSR count). The van der Waals surface area contributed by atoms with E-state index >= 15 is 0 Å². The summed E-state index contributed by atoms with van der Waals surface area (Å²) in [5, 5.41) is 10.2. The number of rotatable bonds is 5. The van der Waals surface area contributed by atoms with E-state index in [2.05, 4.69) is 4.98 Å². The van der Waals surface area contributed by atoms with Gasteiger partial charge in [-0.05, 0) is 36.9 Å². The first kappa shape index (κ1) is 16.5. The number of hydrogen-bond acceptors (Lipinski definition) is 3. The molecule has 6 heteroatoms. The quantitative estimate of drug-likeness (QED) is 0.781. The standard InChI is InChI=1S/C18H19F2N3O/c1-22(10-17(24)12-7-8-13(19)14(20)9-12)11-18-21-15-5-3-4-6-16(15)23(18)2/h3-9,17,24H,10-11H2,1-2H3/t17-/m0/s1. The maximum absolute atomic E-state index is 13.3. The van der Waals surface area contributed by atoms with Crippen molar-refractivity contribution in [1.82, 2.24) is 14.5 Å². The molecule has 126 valence electrons. The normalized spacial score (nSPS) is 12.9. The highest BCUT2D eigenvalue weighted by atomic mass is 19.2. The van der Waals surface area contributed by atoms with Crippen LogP contribution in [0.15, 0.2) is 42.5 Å². The first-order valence-electron chi connectivity index (χ1n) is 7.67. The summed E-state index contributed by atoms with van der Waals surface area (Å²) in [4.78, 5) is 6.48. The van der Waals surface area contributed by atoms with Crippen LogP contribution < -0.4 is 0 Å². The van der Waals surface area contributed by atoms with E-state index < -0.39 is 17.7 Å². The van der Waals surface area contributed by atoms with Crippen molar-refractivity contribution in [2.24, 2.45) is 7.05 Å². The molecule has 0 bridgehead atoms. The predicted octanol–water partition coefficient (Wildman–Crippen LogP) is 3.02. The second-order valence-electron chi connectivity index (χ2n) is 5.96. The molecule has 1 aromatic heterocycles. The van der Waals surface area contributed by atoms with Crippen LogP contribution in [0.4, 0.5) is 8.78 Å². The molecule has 1 heterocycles. The van der Waals surface area contributed by atoms with Crippen LogP contribution in [0, 0.1) is 11.6 Å². The van der Waals surface area contributed by atoms with Crippen LogP contribution in [0.25, 0.3) is 11.0 Å². The zero-order chi connectivity index (χ0) is 17.3. The van der Waals surface area contributed by atoms with E-state index in [-0.39, 0.29) is 6.54 Å². The van der Waals surface area contributed by atoms with E-state index in [0.717, 1.165) is 29.0 Å². The topological polar surface area (TPSA) is 41.3 Å². The number of benzene rings is 2. The fourth-order valence-corrected chi connectivity index (χ4v) is 2.76. The molecule has 24 heavy (non-hydrogen) atoms. The fourth-order valence-electron chi connectivity index (χ4n) is 2.76. The van der Waals surface area contributed by atoms with Crippen molar-refractivity contribution in [1.29, 1.82) is 0 Å². The van der Waals surface area contributed by atoms with E-state index in [0.29, 0.717) is 12.1 Å². The largest absolute Gasteiger partial charge is 0.387 e. The lowest BCUT2D eigenvalue weighted by molar-refractivity contribution is 0.122. The summed E-state index contributed by atoms with van der Waals surface area (Å²) in [6, 6.07) is 11.3. The number of para-hydroxylation sites is 2. The van der Waals surface area contributed by atoms with Crippen molar-refractivity contribution in [2.75, 3.05) is 13.6 Å². The Morgan fingerprint density at radius 1 is 1.17 bits per heavy atom. The minimum absolute atomic E-state index is 0.286. The van der Waals surface area contributed by atoms with E-state index in [1.54, 1.807) is 0 Å². The monoisotopic (exact) mass is 331 g/mol. The number of imidazole rings is 1. The SMILES string of the molecule is CN(Cc1nc2ccccc2n1C)C[C@H](O)c1ccc(F)c(F)c1. The number of aromatic nitrogens is 2. The van der Waals surface area contributed by atoms with Crippen molar-refractivity contribution in [2.45, 2.75) is 12.6 Å². The van der Waals surface area contributed by atoms with Gasteiger partial charge in [0.1, 0.15) is 5.82 Å². The molecule has 2 aromatic carbocycles. The molecule has 0 aliphatic rings. The van der Waals surface area contributed by atoms with Gasteiger partial charge in [0.2, 0.25) is 0 Å². The van der Waals surface area contributed by atoms with E-state index in [1.807, 2.05) is 47.8 Å². The number of nitrogens with zero attached hydrogens (tertiary/aromatic N) is 3. The maximum atomic E-state index is 13.3. The van der Waals surface area contributed by atoms with Gasteiger partial charge in [0.15, 0.2) is 11.6 Å². The van der Waals surface area contributed by atoms with Gasteiger partial charge in [-0.2, -0.15) is 0 Å². The summed E-state index contributed by atoms with van der Waals surface area (Å²) in [5.74, 6) is -1.00. The second kappa shape index (κ2) is 6.67. The summed E-state index contributed by atoms with van der Waals surface area (Å²) < 4.78 is 28.3. The van der Waals surface area contributed by atoms with Gasteiger partial charge >= 0.3 is 0 Å². The number of fused-ring (bicyclic) bond motifs is 1. The Morgan fingerprint density at radius 3 is 2.62 bits per heavy atom. The fraction of sp³-hybridized carbons (Fsp3) is 0.278. The van der Waals surface area contributed by atoms with Crippen LogP contribution in [0.2, 0.25) is 0 Å². The molecule has 0 radical (unpaired) electrons. The molecule has 4 nitrogen and oxygen atoms in total. The van der Waals surface area contributed by atoms with Crippen LogP contribution in [0.3, 0.4) is 0 Å². The third-order valence-electron chi connectivity index (χ3n) is 4.10. The average Bonchev–Trinajstić information content (AvgIpc) is 2.86. The highest BCUT2D eigenvalue weighted by Crippen LogP contribution is 2.19. The maximum Gasteiger partial charge on any atom is 0.159 e. The highest BCUT2D eigenvalue weighted by molar-refractivity contribution is 5.75. The number of hydrogen-bond donors (Lipinski definition) is 1. The van der Waals surface area contributed by atoms with E-state index in [4.69, 9.17) is 0 Å². The van der Waals surface area contributed by atoms with Crippen molar-refractivity contribution in [3.05, 3.63) is 65.5 Å². The zero-order valence-corrected chi connectivity index (χ0v) is 13.6. The van der Waals surface area contributed by atoms with Crippen LogP contribution in [-0.2, 0) is 13.6 Å². The Labute approximate surface area is 139 Å². The Kier molecular flexibility index (Phi) is 4.59. The van der Waals surface area contributed by atoms with Crippen LogP contribution in [0.1, 0.15) is 17.5 Å². The smallest absolute Gasteiger partial charge is 0.159 e. The van der Waals surface area contributed by atoms with Crippen LogP contribution in [0.5, 0.6) is 0 Å². The van der Waals surface area contributed by atoms with Gasteiger partial charge in [-0.3, -0.25) is 4.90 Å². The molecule has 0 fully saturated rings. The number of halogens is 2. The van der Waals surface area contributed by atoms with Crippen LogP contribution in [-0.4, -0.2) is 33.1 Å². The van der Waals surface area contributed by atoms with Gasteiger partial charge in [-0.1, -0.05) is 18.2 Å². The van der Waals surface area contributed by atoms with Crippen molar-refractivity contribution < 1.29 is 13.9 Å². The van der Waals surface area contributed by atoms with Crippen molar-refractivity contribution in [3.8, 4) is 0 Å². The Balaban J connectivity index is 1.71. The van der Waals surface area contributed by atoms with Crippen molar-refractivity contribution in [3.63, 3.8) is 0 Å². The molecule has 0 saturated heterocycles. The first-order valence-corrected chi connectivity index (χ1v) is 7.67. The molecular formula is C18H19F2N3O. The zero-order valence-electron chi connectivity index (χ0n) is 13.6. The summed E-state index contributed by atoms with van der Waals surface area (Å²) in [6.45, 7) is 0.820. The van der Waals surface area contributed by atoms with Gasteiger partial charge in [0, 0.05) is 13.6 Å². The summed E-state index contributed by atoms with van der Waals surface area (Å²) in [7, 11) is 3.80. The average molecular weight is 331 g/mol. The lowest BCUT2D eigenvalue weighted by Crippen LogP contribution is -2.25. The molecule has 0 spiro atoms. The minimum atomic E-state index is -0.954. The number of aliphatic hydroxyl groups excluding tert-OH is 1. The molecular weight excluding hydrogens is 312 g/mol. The van der Waals surface area contributed by atoms with E-state index in [1.165, 1.54) is 6.07 Å². The lowest BCUT2D eigenvalue weighted by atomic mass is 10.1. The Bertz CT molecular complexity index is 863. The molecule has 1 atom stereocenters. The highest BCUT2D eigenvalue weighted by Gasteiger charge is 2.15. The van der Waals surface area contributed by atoms with Gasteiger partial charge in [-0.25, -0.2) is 13.8 Å². The lowest BCUT2D eigenvalue weighted by Gasteiger charge is -2.20. The summed E-state index contributed by atoms with van der Waals surface area (Å²) >= 11 is 0. The third kappa shape index (κ3) is 3.29. The van der Waals surface area contributed by atoms with Gasteiger partial charge in [-0.15, -0.1) is 0 Å². The molecule has 0 saturated carbocycles. The third-order valence-corrected chi connectivity index (χ3v) is 4.10. The number of aryl methyl sites for hydroxylation is 1. The summed E-state index contributed by atoms with van der Waals surface area (Å²) in [5.41, 5.74) is 2.32. The minimum Gasteiger partial charge on any atom is -0.387 e. The molecule has 1 N–H and O–H groups in total. The number of aliphatic hydroxyl groups is 1. The van der Waals surface area contributed by atoms with Gasteiger partial charge in [0.25, 0.3) is 0 Å². The summed E-state index contributed by atoms with van der Waals surface area (Å²) in [6.07, 6.45) is -0.903. The molecule has 0 aliphatic carbocycles. The van der Waals surface area contributed by atoms with Crippen molar-refractivity contribution >= 4 is 11.0 Å². The van der Waals surface area contributed by atoms with Crippen LogP contribution >= 0.6 is 0 Å². The molecule has 0 amide bonds. The Hall–Kier alpha value is -2.31. The molecule has 3 aromatic rings. The predicted molar refractivity (Wildman–Crippen MR) is 88.4 cm³/mol. The molecule has 0 aliphatic heterocycles.